The van der Waals surface area contributed by atoms with Crippen LogP contribution in [0, 0.1) is 12.8 Å². The van der Waals surface area contributed by atoms with Crippen molar-refractivity contribution in [1.82, 2.24) is 9.97 Å². The topological polar surface area (TPSA) is 49.8 Å². The smallest absolute Gasteiger partial charge is 0.135 e. The molecule has 2 N–H and O–H groups in total. The van der Waals surface area contributed by atoms with E-state index in [4.69, 9.17) is 0 Å². The molecule has 4 nitrogen and oxygen atoms in total. The van der Waals surface area contributed by atoms with Crippen molar-refractivity contribution in [2.45, 2.75) is 40.5 Å². The van der Waals surface area contributed by atoms with Gasteiger partial charge in [-0.25, -0.2) is 9.97 Å². The van der Waals surface area contributed by atoms with Gasteiger partial charge in [-0.05, 0) is 29.9 Å². The van der Waals surface area contributed by atoms with Gasteiger partial charge in [0.05, 0.1) is 0 Å². The van der Waals surface area contributed by atoms with Crippen LogP contribution in [0.4, 0.5) is 17.3 Å². The van der Waals surface area contributed by atoms with Gasteiger partial charge in [0.1, 0.15) is 18.0 Å². The van der Waals surface area contributed by atoms with Gasteiger partial charge in [0, 0.05) is 18.3 Å². The molecule has 0 unspecified atom stereocenters. The quantitative estimate of drug-likeness (QED) is 0.810. The van der Waals surface area contributed by atoms with Crippen LogP contribution in [0.2, 0.25) is 0 Å². The summed E-state index contributed by atoms with van der Waals surface area (Å²) < 4.78 is 0. The first-order chi connectivity index (χ1) is 10.5. The molecule has 1 aromatic carbocycles. The van der Waals surface area contributed by atoms with Crippen molar-refractivity contribution in [2.75, 3.05) is 17.2 Å². The summed E-state index contributed by atoms with van der Waals surface area (Å²) in [5.41, 5.74) is 3.67. The van der Waals surface area contributed by atoms with Crippen LogP contribution in [-0.4, -0.2) is 16.5 Å². The molecule has 2 aromatic rings. The Hall–Kier alpha value is -2.10. The molecule has 118 valence electrons. The number of hydrogen-bond donors (Lipinski definition) is 2. The summed E-state index contributed by atoms with van der Waals surface area (Å²) in [6.07, 6.45) is 1.60. The van der Waals surface area contributed by atoms with Crippen molar-refractivity contribution in [3.63, 3.8) is 0 Å². The van der Waals surface area contributed by atoms with Gasteiger partial charge in [-0.1, -0.05) is 45.9 Å². The minimum Gasteiger partial charge on any atom is -0.370 e. The molecule has 0 saturated heterocycles. The number of hydrogen-bond acceptors (Lipinski definition) is 4. The van der Waals surface area contributed by atoms with Crippen LogP contribution in [0.1, 0.15) is 44.7 Å². The first-order valence-corrected chi connectivity index (χ1v) is 7.89. The third-order valence-corrected chi connectivity index (χ3v) is 3.54. The Balaban J connectivity index is 2.22. The summed E-state index contributed by atoms with van der Waals surface area (Å²) in [4.78, 5) is 8.61. The second-order valence-corrected chi connectivity index (χ2v) is 6.38. The van der Waals surface area contributed by atoms with E-state index in [-0.39, 0.29) is 0 Å². The SMILES string of the molecule is Cc1cccc(C(C)C)c1Nc1cc(NCC(C)C)ncn1. The molecule has 22 heavy (non-hydrogen) atoms. The van der Waals surface area contributed by atoms with Crippen molar-refractivity contribution >= 4 is 17.3 Å². The van der Waals surface area contributed by atoms with E-state index in [1.165, 1.54) is 11.1 Å². The lowest BCUT2D eigenvalue weighted by molar-refractivity contribution is 0.687. The lowest BCUT2D eigenvalue weighted by atomic mass is 9.98. The van der Waals surface area contributed by atoms with Crippen LogP contribution < -0.4 is 10.6 Å². The number of aryl methyl sites for hydroxylation is 1. The molecule has 0 radical (unpaired) electrons. The maximum atomic E-state index is 4.34. The molecule has 0 amide bonds. The van der Waals surface area contributed by atoms with Gasteiger partial charge >= 0.3 is 0 Å². The Labute approximate surface area is 133 Å². The third-order valence-electron chi connectivity index (χ3n) is 3.54. The highest BCUT2D eigenvalue weighted by atomic mass is 15.1. The Bertz CT molecular complexity index is 620. The van der Waals surface area contributed by atoms with Crippen molar-refractivity contribution in [1.29, 1.82) is 0 Å². The number of aromatic nitrogens is 2. The summed E-state index contributed by atoms with van der Waals surface area (Å²) in [5.74, 6) is 2.71. The lowest BCUT2D eigenvalue weighted by Gasteiger charge is -2.17. The average Bonchev–Trinajstić information content (AvgIpc) is 2.47. The van der Waals surface area contributed by atoms with Gasteiger partial charge in [-0.15, -0.1) is 0 Å². The predicted octanol–water partition coefficient (Wildman–Crippen LogP) is 4.72. The highest BCUT2D eigenvalue weighted by Crippen LogP contribution is 2.29. The molecular weight excluding hydrogens is 272 g/mol. The second-order valence-electron chi connectivity index (χ2n) is 6.38. The molecule has 0 atom stereocenters. The Morgan fingerprint density at radius 2 is 1.77 bits per heavy atom. The molecule has 0 fully saturated rings. The van der Waals surface area contributed by atoms with Crippen LogP contribution >= 0.6 is 0 Å². The number of benzene rings is 1. The molecule has 0 aliphatic rings. The zero-order chi connectivity index (χ0) is 16.1. The minimum atomic E-state index is 0.461. The molecule has 4 heteroatoms. The summed E-state index contributed by atoms with van der Waals surface area (Å²) in [7, 11) is 0. The van der Waals surface area contributed by atoms with Crippen molar-refractivity contribution in [3.05, 3.63) is 41.7 Å². The van der Waals surface area contributed by atoms with Crippen molar-refractivity contribution in [3.8, 4) is 0 Å². The van der Waals surface area contributed by atoms with Gasteiger partial charge in [0.2, 0.25) is 0 Å². The molecular formula is C18H26N4. The largest absolute Gasteiger partial charge is 0.370 e. The Morgan fingerprint density at radius 1 is 1.05 bits per heavy atom. The highest BCUT2D eigenvalue weighted by molar-refractivity contribution is 5.66. The number of rotatable bonds is 6. The van der Waals surface area contributed by atoms with Crippen LogP contribution in [0.3, 0.4) is 0 Å². The normalized spacial score (nSPS) is 11.0. The van der Waals surface area contributed by atoms with Gasteiger partial charge in [-0.3, -0.25) is 0 Å². The van der Waals surface area contributed by atoms with Gasteiger partial charge in [0.25, 0.3) is 0 Å². The van der Waals surface area contributed by atoms with E-state index >= 15 is 0 Å². The highest BCUT2D eigenvalue weighted by Gasteiger charge is 2.10. The summed E-state index contributed by atoms with van der Waals surface area (Å²) in [6.45, 7) is 11.8. The zero-order valence-corrected chi connectivity index (χ0v) is 14.1. The molecule has 0 spiro atoms. The summed E-state index contributed by atoms with van der Waals surface area (Å²) in [5, 5.41) is 6.79. The second kappa shape index (κ2) is 7.25. The predicted molar refractivity (Wildman–Crippen MR) is 93.9 cm³/mol. The van der Waals surface area contributed by atoms with E-state index in [0.29, 0.717) is 11.8 Å². The molecule has 0 aliphatic heterocycles. The molecule has 1 aromatic heterocycles. The number of nitrogens with one attached hydrogen (secondary N) is 2. The number of para-hydroxylation sites is 1. The molecule has 0 bridgehead atoms. The summed E-state index contributed by atoms with van der Waals surface area (Å²) >= 11 is 0. The van der Waals surface area contributed by atoms with Crippen LogP contribution in [0.25, 0.3) is 0 Å². The van der Waals surface area contributed by atoms with E-state index in [0.717, 1.165) is 23.9 Å². The van der Waals surface area contributed by atoms with E-state index in [9.17, 15) is 0 Å². The third kappa shape index (κ3) is 4.20. The lowest BCUT2D eigenvalue weighted by Crippen LogP contribution is -2.10. The average molecular weight is 298 g/mol. The first-order valence-electron chi connectivity index (χ1n) is 7.89. The van der Waals surface area contributed by atoms with Crippen molar-refractivity contribution in [2.24, 2.45) is 5.92 Å². The van der Waals surface area contributed by atoms with Gasteiger partial charge < -0.3 is 10.6 Å². The van der Waals surface area contributed by atoms with Crippen molar-refractivity contribution < 1.29 is 0 Å². The Morgan fingerprint density at radius 3 is 2.45 bits per heavy atom. The first kappa shape index (κ1) is 16.3. The van der Waals surface area contributed by atoms with Crippen LogP contribution in [-0.2, 0) is 0 Å². The fraction of sp³-hybridized carbons (Fsp3) is 0.444. The molecule has 1 heterocycles. The number of anilines is 3. The number of nitrogens with zero attached hydrogens (tertiary/aromatic N) is 2. The van der Waals surface area contributed by atoms with Gasteiger partial charge in [0.15, 0.2) is 0 Å². The van der Waals surface area contributed by atoms with E-state index in [2.05, 4.69) is 73.4 Å². The Kier molecular flexibility index (Phi) is 5.36. The molecule has 2 rings (SSSR count). The van der Waals surface area contributed by atoms with E-state index in [1.807, 2.05) is 6.07 Å². The summed E-state index contributed by atoms with van der Waals surface area (Å²) in [6, 6.07) is 8.34. The van der Waals surface area contributed by atoms with E-state index in [1.54, 1.807) is 6.33 Å². The standard InChI is InChI=1S/C18H26N4/c1-12(2)10-19-16-9-17(21-11-20-16)22-18-14(5)7-6-8-15(18)13(3)4/h6-9,11-13H,10H2,1-5H3,(H2,19,20,21,22). The maximum Gasteiger partial charge on any atom is 0.135 e. The molecule has 0 saturated carbocycles. The fourth-order valence-electron chi connectivity index (χ4n) is 2.30. The monoisotopic (exact) mass is 298 g/mol. The van der Waals surface area contributed by atoms with Crippen LogP contribution in [0.5, 0.6) is 0 Å². The fourth-order valence-corrected chi connectivity index (χ4v) is 2.30. The van der Waals surface area contributed by atoms with E-state index < -0.39 is 0 Å². The minimum absolute atomic E-state index is 0.461. The zero-order valence-electron chi connectivity index (χ0n) is 14.1. The van der Waals surface area contributed by atoms with Crippen LogP contribution in [0.15, 0.2) is 30.6 Å². The molecule has 0 aliphatic carbocycles. The maximum absolute atomic E-state index is 4.34. The van der Waals surface area contributed by atoms with Gasteiger partial charge in [-0.2, -0.15) is 0 Å².